The number of rotatable bonds is 6. The first kappa shape index (κ1) is 18.2. The summed E-state index contributed by atoms with van der Waals surface area (Å²) in [5.74, 6) is -0.306. The van der Waals surface area contributed by atoms with Crippen molar-refractivity contribution in [3.05, 3.63) is 29.8 Å². The standard InChI is InChI=1S/C13H20N4O2.ClH/c1-3-15-8-10-5-4-6-11(7-10)17-12(18)9(2)16-13(14)19;/h4-7,9,15H,3,8H2,1-2H3,(H,17,18)(H3,14,16,19);1H. The van der Waals surface area contributed by atoms with Crippen LogP contribution in [0.25, 0.3) is 0 Å². The van der Waals surface area contributed by atoms with Gasteiger partial charge in [0.2, 0.25) is 5.91 Å². The van der Waals surface area contributed by atoms with Crippen LogP contribution in [0.15, 0.2) is 24.3 Å². The molecule has 0 heterocycles. The summed E-state index contributed by atoms with van der Waals surface area (Å²) in [4.78, 5) is 22.4. The highest BCUT2D eigenvalue weighted by Gasteiger charge is 2.13. The van der Waals surface area contributed by atoms with Gasteiger partial charge >= 0.3 is 6.03 Å². The molecular weight excluding hydrogens is 280 g/mol. The smallest absolute Gasteiger partial charge is 0.312 e. The Bertz CT molecular complexity index is 454. The Hall–Kier alpha value is -1.79. The first-order valence-electron chi connectivity index (χ1n) is 6.19. The van der Waals surface area contributed by atoms with Crippen LogP contribution in [0.4, 0.5) is 10.5 Å². The number of anilines is 1. The second kappa shape index (κ2) is 9.17. The minimum atomic E-state index is -0.719. The molecule has 6 nitrogen and oxygen atoms in total. The lowest BCUT2D eigenvalue weighted by atomic mass is 10.2. The maximum atomic E-state index is 11.8. The summed E-state index contributed by atoms with van der Waals surface area (Å²) in [6, 6.07) is 6.14. The fourth-order valence-corrected chi connectivity index (χ4v) is 1.56. The van der Waals surface area contributed by atoms with E-state index in [1.54, 1.807) is 13.0 Å². The molecule has 1 aromatic rings. The first-order valence-corrected chi connectivity index (χ1v) is 6.19. The van der Waals surface area contributed by atoms with Gasteiger partial charge in [0.05, 0.1) is 0 Å². The number of urea groups is 1. The van der Waals surface area contributed by atoms with Crippen LogP contribution in [0.5, 0.6) is 0 Å². The number of amides is 3. The molecule has 1 atom stereocenters. The second-order valence-corrected chi connectivity index (χ2v) is 4.20. The molecule has 0 spiro atoms. The zero-order valence-electron chi connectivity index (χ0n) is 11.6. The van der Waals surface area contributed by atoms with E-state index in [-0.39, 0.29) is 18.3 Å². The SMILES string of the molecule is CCNCc1cccc(NC(=O)C(C)NC(N)=O)c1.Cl. The summed E-state index contributed by atoms with van der Waals surface area (Å²) in [6.45, 7) is 5.23. The minimum absolute atomic E-state index is 0. The van der Waals surface area contributed by atoms with E-state index in [9.17, 15) is 9.59 Å². The Morgan fingerprint density at radius 3 is 2.65 bits per heavy atom. The average molecular weight is 301 g/mol. The van der Waals surface area contributed by atoms with Gasteiger partial charge in [0, 0.05) is 12.2 Å². The van der Waals surface area contributed by atoms with Gasteiger partial charge in [-0.05, 0) is 31.2 Å². The van der Waals surface area contributed by atoms with Gasteiger partial charge in [0.1, 0.15) is 6.04 Å². The lowest BCUT2D eigenvalue weighted by molar-refractivity contribution is -0.117. The van der Waals surface area contributed by atoms with E-state index >= 15 is 0 Å². The van der Waals surface area contributed by atoms with Crippen LogP contribution in [-0.4, -0.2) is 24.5 Å². The number of halogens is 1. The molecule has 20 heavy (non-hydrogen) atoms. The van der Waals surface area contributed by atoms with Gasteiger partial charge in [0.25, 0.3) is 0 Å². The van der Waals surface area contributed by atoms with Gasteiger partial charge in [-0.3, -0.25) is 4.79 Å². The predicted octanol–water partition coefficient (Wildman–Crippen LogP) is 1.21. The van der Waals surface area contributed by atoms with Crippen molar-refractivity contribution in [3.8, 4) is 0 Å². The summed E-state index contributed by atoms with van der Waals surface area (Å²) in [7, 11) is 0. The van der Waals surface area contributed by atoms with Gasteiger partial charge in [-0.2, -0.15) is 0 Å². The van der Waals surface area contributed by atoms with E-state index in [4.69, 9.17) is 5.73 Å². The van der Waals surface area contributed by atoms with E-state index in [1.165, 1.54) is 0 Å². The van der Waals surface area contributed by atoms with Crippen LogP contribution < -0.4 is 21.7 Å². The highest BCUT2D eigenvalue weighted by molar-refractivity contribution is 5.96. The monoisotopic (exact) mass is 300 g/mol. The second-order valence-electron chi connectivity index (χ2n) is 4.20. The van der Waals surface area contributed by atoms with Crippen molar-refractivity contribution < 1.29 is 9.59 Å². The molecule has 5 N–H and O–H groups in total. The summed E-state index contributed by atoms with van der Waals surface area (Å²) >= 11 is 0. The van der Waals surface area contributed by atoms with Crippen molar-refractivity contribution in [1.29, 1.82) is 0 Å². The van der Waals surface area contributed by atoms with Gasteiger partial charge in [-0.25, -0.2) is 4.79 Å². The number of hydrogen-bond acceptors (Lipinski definition) is 3. The maximum Gasteiger partial charge on any atom is 0.312 e. The summed E-state index contributed by atoms with van der Waals surface area (Å²) in [6.07, 6.45) is 0. The Labute approximate surface area is 124 Å². The summed E-state index contributed by atoms with van der Waals surface area (Å²) < 4.78 is 0. The van der Waals surface area contributed by atoms with E-state index in [2.05, 4.69) is 16.0 Å². The molecule has 0 radical (unpaired) electrons. The van der Waals surface area contributed by atoms with Gasteiger partial charge in [-0.1, -0.05) is 19.1 Å². The molecule has 1 aromatic carbocycles. The van der Waals surface area contributed by atoms with Crippen LogP contribution in [-0.2, 0) is 11.3 Å². The van der Waals surface area contributed by atoms with Crippen molar-refractivity contribution in [2.45, 2.75) is 26.4 Å². The molecule has 0 saturated carbocycles. The molecule has 0 saturated heterocycles. The van der Waals surface area contributed by atoms with Crippen molar-refractivity contribution in [3.63, 3.8) is 0 Å². The Balaban J connectivity index is 0.00000361. The number of benzene rings is 1. The number of nitrogens with one attached hydrogen (secondary N) is 3. The van der Waals surface area contributed by atoms with Crippen LogP contribution in [0.2, 0.25) is 0 Å². The van der Waals surface area contributed by atoms with Gasteiger partial charge < -0.3 is 21.7 Å². The average Bonchev–Trinajstić information content (AvgIpc) is 2.36. The molecule has 0 fully saturated rings. The molecule has 7 heteroatoms. The third-order valence-electron chi connectivity index (χ3n) is 2.53. The van der Waals surface area contributed by atoms with Gasteiger partial charge in [0.15, 0.2) is 0 Å². The van der Waals surface area contributed by atoms with E-state index in [0.717, 1.165) is 18.7 Å². The fourth-order valence-electron chi connectivity index (χ4n) is 1.56. The molecule has 0 aromatic heterocycles. The largest absolute Gasteiger partial charge is 0.352 e. The molecule has 0 bridgehead atoms. The van der Waals surface area contributed by atoms with E-state index < -0.39 is 12.1 Å². The van der Waals surface area contributed by atoms with E-state index in [0.29, 0.717) is 5.69 Å². The summed E-state index contributed by atoms with van der Waals surface area (Å²) in [5, 5.41) is 8.26. The molecule has 1 rings (SSSR count). The first-order chi connectivity index (χ1) is 9.02. The molecule has 0 aliphatic rings. The van der Waals surface area contributed by atoms with Crippen LogP contribution in [0.3, 0.4) is 0 Å². The highest BCUT2D eigenvalue weighted by atomic mass is 35.5. The molecule has 0 aliphatic heterocycles. The quantitative estimate of drug-likeness (QED) is 0.636. The normalized spacial score (nSPS) is 11.1. The third kappa shape index (κ3) is 6.40. The van der Waals surface area contributed by atoms with Gasteiger partial charge in [-0.15, -0.1) is 12.4 Å². The fraction of sp³-hybridized carbons (Fsp3) is 0.385. The van der Waals surface area contributed by atoms with Crippen molar-refractivity contribution in [2.24, 2.45) is 5.73 Å². The van der Waals surface area contributed by atoms with Crippen LogP contribution in [0.1, 0.15) is 19.4 Å². The highest BCUT2D eigenvalue weighted by Crippen LogP contribution is 2.10. The zero-order chi connectivity index (χ0) is 14.3. The Kier molecular flexibility index (Phi) is 8.35. The van der Waals surface area contributed by atoms with Crippen LogP contribution >= 0.6 is 12.4 Å². The minimum Gasteiger partial charge on any atom is -0.352 e. The Morgan fingerprint density at radius 2 is 2.05 bits per heavy atom. The predicted molar refractivity (Wildman–Crippen MR) is 81.9 cm³/mol. The molecule has 112 valence electrons. The number of carbonyl (C=O) groups is 2. The zero-order valence-corrected chi connectivity index (χ0v) is 12.4. The molecule has 1 unspecified atom stereocenters. The third-order valence-corrected chi connectivity index (χ3v) is 2.53. The molecule has 3 amide bonds. The maximum absolute atomic E-state index is 11.8. The summed E-state index contributed by atoms with van der Waals surface area (Å²) in [5.41, 5.74) is 6.74. The number of hydrogen-bond donors (Lipinski definition) is 4. The number of primary amides is 1. The lowest BCUT2D eigenvalue weighted by Gasteiger charge is -2.13. The topological polar surface area (TPSA) is 96.2 Å². The van der Waals surface area contributed by atoms with E-state index in [1.807, 2.05) is 25.1 Å². The number of carbonyl (C=O) groups excluding carboxylic acids is 2. The Morgan fingerprint density at radius 1 is 1.35 bits per heavy atom. The number of nitrogens with two attached hydrogens (primary N) is 1. The van der Waals surface area contributed by atoms with Crippen molar-refractivity contribution in [2.75, 3.05) is 11.9 Å². The lowest BCUT2D eigenvalue weighted by Crippen LogP contribution is -2.44. The molecule has 0 aliphatic carbocycles. The van der Waals surface area contributed by atoms with Crippen molar-refractivity contribution >= 4 is 30.0 Å². The van der Waals surface area contributed by atoms with Crippen LogP contribution in [0, 0.1) is 0 Å². The van der Waals surface area contributed by atoms with Crippen molar-refractivity contribution in [1.82, 2.24) is 10.6 Å². The molecular formula is C13H21ClN4O2.